The van der Waals surface area contributed by atoms with Gasteiger partial charge in [-0.05, 0) is 18.8 Å². The highest BCUT2D eigenvalue weighted by molar-refractivity contribution is 5.76. The van der Waals surface area contributed by atoms with Crippen molar-refractivity contribution < 1.29 is 9.53 Å². The summed E-state index contributed by atoms with van der Waals surface area (Å²) in [6, 6.07) is 0. The van der Waals surface area contributed by atoms with E-state index in [1.807, 2.05) is 18.7 Å². The molecule has 0 spiro atoms. The van der Waals surface area contributed by atoms with Crippen LogP contribution in [0.25, 0.3) is 0 Å². The van der Waals surface area contributed by atoms with E-state index >= 15 is 0 Å². The van der Waals surface area contributed by atoms with Crippen LogP contribution in [0.1, 0.15) is 46.5 Å². The molecule has 0 radical (unpaired) electrons. The fourth-order valence-electron chi connectivity index (χ4n) is 2.09. The molecule has 0 aromatic heterocycles. The van der Waals surface area contributed by atoms with Crippen molar-refractivity contribution in [3.05, 3.63) is 0 Å². The van der Waals surface area contributed by atoms with Crippen LogP contribution in [0.5, 0.6) is 0 Å². The lowest BCUT2D eigenvalue weighted by Gasteiger charge is -2.31. The number of nitrogens with zero attached hydrogens (tertiary/aromatic N) is 1. The zero-order valence-electron chi connectivity index (χ0n) is 12.3. The maximum Gasteiger partial charge on any atom is 0.224 e. The molecular formula is C14H30N2O2. The lowest BCUT2D eigenvalue weighted by molar-refractivity contribution is -0.133. The van der Waals surface area contributed by atoms with Crippen LogP contribution in [0.2, 0.25) is 0 Å². The number of ether oxygens (including phenoxy) is 1. The second-order valence-corrected chi connectivity index (χ2v) is 4.38. The number of piperidine rings is 1. The smallest absolute Gasteiger partial charge is 0.224 e. The highest BCUT2D eigenvalue weighted by Gasteiger charge is 2.21. The minimum atomic E-state index is 0.228. The molecule has 0 bridgehead atoms. The van der Waals surface area contributed by atoms with Crippen LogP contribution >= 0.6 is 0 Å². The molecule has 1 amide bonds. The number of hydrogen-bond acceptors (Lipinski definition) is 3. The van der Waals surface area contributed by atoms with E-state index in [4.69, 9.17) is 10.5 Å². The van der Waals surface area contributed by atoms with Gasteiger partial charge in [0.15, 0.2) is 0 Å². The molecular weight excluding hydrogens is 228 g/mol. The summed E-state index contributed by atoms with van der Waals surface area (Å²) in [5, 5.41) is 0. The second kappa shape index (κ2) is 11.5. The van der Waals surface area contributed by atoms with Crippen molar-refractivity contribution >= 4 is 5.91 Å². The Bertz CT molecular complexity index is 202. The summed E-state index contributed by atoms with van der Waals surface area (Å²) in [7, 11) is 0. The third-order valence-corrected chi connectivity index (χ3v) is 3.27. The molecule has 4 heteroatoms. The van der Waals surface area contributed by atoms with Crippen LogP contribution in [0.4, 0.5) is 0 Å². The maximum atomic E-state index is 11.8. The first-order valence-electron chi connectivity index (χ1n) is 7.33. The highest BCUT2D eigenvalue weighted by atomic mass is 16.5. The molecule has 0 unspecified atom stereocenters. The van der Waals surface area contributed by atoms with Gasteiger partial charge in [-0.2, -0.15) is 0 Å². The van der Waals surface area contributed by atoms with E-state index in [1.54, 1.807) is 0 Å². The highest BCUT2D eigenvalue weighted by Crippen LogP contribution is 2.20. The SMILES string of the molecule is CC.CCC1CCN(C(=O)CCOCCN)CC1. The summed E-state index contributed by atoms with van der Waals surface area (Å²) < 4.78 is 5.21. The van der Waals surface area contributed by atoms with Crippen LogP contribution in [-0.2, 0) is 9.53 Å². The Balaban J connectivity index is 0.00000137. The molecule has 1 aliphatic rings. The fraction of sp³-hybridized carbons (Fsp3) is 0.929. The van der Waals surface area contributed by atoms with Crippen molar-refractivity contribution in [3.63, 3.8) is 0 Å². The summed E-state index contributed by atoms with van der Waals surface area (Å²) >= 11 is 0. The summed E-state index contributed by atoms with van der Waals surface area (Å²) in [4.78, 5) is 13.7. The van der Waals surface area contributed by atoms with Gasteiger partial charge in [-0.1, -0.05) is 27.2 Å². The van der Waals surface area contributed by atoms with Gasteiger partial charge in [0.25, 0.3) is 0 Å². The second-order valence-electron chi connectivity index (χ2n) is 4.38. The van der Waals surface area contributed by atoms with E-state index in [9.17, 15) is 4.79 Å². The first kappa shape index (κ1) is 17.4. The van der Waals surface area contributed by atoms with E-state index in [-0.39, 0.29) is 5.91 Å². The number of rotatable bonds is 6. The molecule has 0 atom stereocenters. The number of hydrogen-bond donors (Lipinski definition) is 1. The minimum Gasteiger partial charge on any atom is -0.380 e. The number of carbonyl (C=O) groups is 1. The summed E-state index contributed by atoms with van der Waals surface area (Å²) in [6.45, 7) is 9.65. The van der Waals surface area contributed by atoms with Crippen LogP contribution < -0.4 is 5.73 Å². The third kappa shape index (κ3) is 6.97. The van der Waals surface area contributed by atoms with Gasteiger partial charge >= 0.3 is 0 Å². The topological polar surface area (TPSA) is 55.6 Å². The monoisotopic (exact) mass is 258 g/mol. The van der Waals surface area contributed by atoms with Gasteiger partial charge in [0.05, 0.1) is 19.6 Å². The molecule has 1 fully saturated rings. The Labute approximate surface area is 112 Å². The van der Waals surface area contributed by atoms with Crippen LogP contribution in [0.15, 0.2) is 0 Å². The molecule has 0 aromatic carbocycles. The van der Waals surface area contributed by atoms with Crippen molar-refractivity contribution in [2.45, 2.75) is 46.5 Å². The van der Waals surface area contributed by atoms with Crippen LogP contribution in [0, 0.1) is 5.92 Å². The van der Waals surface area contributed by atoms with E-state index in [0.717, 1.165) is 31.8 Å². The number of amides is 1. The van der Waals surface area contributed by atoms with Crippen molar-refractivity contribution in [3.8, 4) is 0 Å². The van der Waals surface area contributed by atoms with E-state index in [2.05, 4.69) is 6.92 Å². The molecule has 0 saturated carbocycles. The Morgan fingerprint density at radius 1 is 1.28 bits per heavy atom. The Hall–Kier alpha value is -0.610. The van der Waals surface area contributed by atoms with Gasteiger partial charge in [0, 0.05) is 19.6 Å². The zero-order valence-corrected chi connectivity index (χ0v) is 12.3. The molecule has 2 N–H and O–H groups in total. The number of likely N-dealkylation sites (tertiary alicyclic amines) is 1. The lowest BCUT2D eigenvalue weighted by atomic mass is 9.94. The van der Waals surface area contributed by atoms with Gasteiger partial charge in [-0.3, -0.25) is 4.79 Å². The average Bonchev–Trinajstić information content (AvgIpc) is 2.45. The third-order valence-electron chi connectivity index (χ3n) is 3.27. The average molecular weight is 258 g/mol. The van der Waals surface area contributed by atoms with Crippen molar-refractivity contribution in [1.29, 1.82) is 0 Å². The van der Waals surface area contributed by atoms with Gasteiger partial charge in [-0.15, -0.1) is 0 Å². The molecule has 1 aliphatic heterocycles. The lowest BCUT2D eigenvalue weighted by Crippen LogP contribution is -2.38. The Kier molecular flexibility index (Phi) is 11.1. The summed E-state index contributed by atoms with van der Waals surface area (Å²) in [6.07, 6.45) is 4.05. The summed E-state index contributed by atoms with van der Waals surface area (Å²) in [5.41, 5.74) is 5.30. The molecule has 1 rings (SSSR count). The van der Waals surface area contributed by atoms with Gasteiger partial charge in [0.2, 0.25) is 5.91 Å². The van der Waals surface area contributed by atoms with E-state index in [0.29, 0.717) is 26.2 Å². The van der Waals surface area contributed by atoms with Gasteiger partial charge < -0.3 is 15.4 Å². The van der Waals surface area contributed by atoms with E-state index < -0.39 is 0 Å². The van der Waals surface area contributed by atoms with Gasteiger partial charge in [0.1, 0.15) is 0 Å². The normalized spacial score (nSPS) is 16.1. The molecule has 1 heterocycles. The first-order valence-corrected chi connectivity index (χ1v) is 7.33. The Morgan fingerprint density at radius 3 is 2.39 bits per heavy atom. The molecule has 18 heavy (non-hydrogen) atoms. The molecule has 1 saturated heterocycles. The predicted octanol–water partition coefficient (Wildman–Crippen LogP) is 2.03. The molecule has 0 aliphatic carbocycles. The Morgan fingerprint density at radius 2 is 1.89 bits per heavy atom. The summed E-state index contributed by atoms with van der Waals surface area (Å²) in [5.74, 6) is 1.05. The van der Waals surface area contributed by atoms with Gasteiger partial charge in [-0.25, -0.2) is 0 Å². The number of carbonyl (C=O) groups excluding carboxylic acids is 1. The fourth-order valence-corrected chi connectivity index (χ4v) is 2.09. The van der Waals surface area contributed by atoms with Crippen molar-refractivity contribution in [2.24, 2.45) is 11.7 Å². The van der Waals surface area contributed by atoms with Crippen molar-refractivity contribution in [1.82, 2.24) is 4.90 Å². The quantitative estimate of drug-likeness (QED) is 0.742. The molecule has 4 nitrogen and oxygen atoms in total. The zero-order chi connectivity index (χ0) is 13.8. The minimum absolute atomic E-state index is 0.228. The predicted molar refractivity (Wildman–Crippen MR) is 75.4 cm³/mol. The number of nitrogens with two attached hydrogens (primary N) is 1. The van der Waals surface area contributed by atoms with E-state index in [1.165, 1.54) is 6.42 Å². The standard InChI is InChI=1S/C12H24N2O2.C2H6/c1-2-11-3-7-14(8-4-11)12(15)5-9-16-10-6-13;1-2/h11H,2-10,13H2,1H3;1-2H3. The van der Waals surface area contributed by atoms with Crippen LogP contribution in [-0.4, -0.2) is 43.7 Å². The van der Waals surface area contributed by atoms with Crippen molar-refractivity contribution in [2.75, 3.05) is 32.8 Å². The first-order chi connectivity index (χ1) is 8.77. The van der Waals surface area contributed by atoms with Crippen LogP contribution in [0.3, 0.4) is 0 Å². The molecule has 0 aromatic rings. The molecule has 108 valence electrons. The maximum absolute atomic E-state index is 11.8. The largest absolute Gasteiger partial charge is 0.380 e.